The molecule has 0 heterocycles. The smallest absolute Gasteiger partial charge is 0.228 e. The second-order valence-corrected chi connectivity index (χ2v) is 7.92. The first kappa shape index (κ1) is 12.3. The summed E-state index contributed by atoms with van der Waals surface area (Å²) >= 11 is 0. The summed E-state index contributed by atoms with van der Waals surface area (Å²) in [4.78, 5) is 12.7. The van der Waals surface area contributed by atoms with Crippen LogP contribution in [0.25, 0.3) is 0 Å². The molecule has 1 aromatic rings. The number of amides is 1. The predicted octanol–water partition coefficient (Wildman–Crippen LogP) is 3.27. The number of hydrogen-bond acceptors (Lipinski definition) is 1. The van der Waals surface area contributed by atoms with Crippen LogP contribution in [0.4, 0.5) is 0 Å². The fourth-order valence-electron chi connectivity index (χ4n) is 5.92. The summed E-state index contributed by atoms with van der Waals surface area (Å²) in [5.41, 5.74) is 2.63. The summed E-state index contributed by atoms with van der Waals surface area (Å²) in [5.74, 6) is 3.93. The van der Waals surface area contributed by atoms with Crippen LogP contribution in [-0.4, -0.2) is 11.9 Å². The average Bonchev–Trinajstić information content (AvgIpc) is 2.43. The van der Waals surface area contributed by atoms with Crippen molar-refractivity contribution >= 4 is 5.91 Å². The van der Waals surface area contributed by atoms with Crippen LogP contribution in [0, 0.1) is 23.7 Å². The molecule has 5 aliphatic carbocycles. The first-order valence-electron chi connectivity index (χ1n) is 8.66. The summed E-state index contributed by atoms with van der Waals surface area (Å²) < 4.78 is 0. The third-order valence-electron chi connectivity index (χ3n) is 6.71. The highest BCUT2D eigenvalue weighted by molar-refractivity contribution is 5.87. The first-order valence-corrected chi connectivity index (χ1v) is 8.66. The van der Waals surface area contributed by atoms with E-state index in [1.807, 2.05) is 0 Å². The zero-order chi connectivity index (χ0) is 14.0. The quantitative estimate of drug-likeness (QED) is 0.885. The van der Waals surface area contributed by atoms with E-state index in [4.69, 9.17) is 0 Å². The van der Waals surface area contributed by atoms with Gasteiger partial charge in [0.2, 0.25) is 5.91 Å². The number of hydrogen-bond donors (Lipinski definition) is 1. The van der Waals surface area contributed by atoms with Crippen LogP contribution in [0.5, 0.6) is 0 Å². The van der Waals surface area contributed by atoms with E-state index in [0.29, 0.717) is 11.9 Å². The Bertz CT molecular complexity index is 565. The van der Waals surface area contributed by atoms with Crippen molar-refractivity contribution in [3.63, 3.8) is 0 Å². The highest BCUT2D eigenvalue weighted by Crippen LogP contribution is 2.53. The third-order valence-corrected chi connectivity index (χ3v) is 6.71. The molecular weight excluding hydrogens is 258 g/mol. The molecule has 1 atom stereocenters. The van der Waals surface area contributed by atoms with Gasteiger partial charge in [0.25, 0.3) is 0 Å². The average molecular weight is 281 g/mol. The fourth-order valence-corrected chi connectivity index (χ4v) is 5.92. The van der Waals surface area contributed by atoms with Crippen molar-refractivity contribution in [3.8, 4) is 0 Å². The lowest BCUT2D eigenvalue weighted by atomic mass is 9.54. The van der Waals surface area contributed by atoms with Crippen LogP contribution >= 0.6 is 0 Å². The molecule has 0 spiro atoms. The zero-order valence-electron chi connectivity index (χ0n) is 12.4. The summed E-state index contributed by atoms with van der Waals surface area (Å²) in [6.07, 6.45) is 7.91. The minimum Gasteiger partial charge on any atom is -0.352 e. The summed E-state index contributed by atoms with van der Waals surface area (Å²) in [5, 5.41) is 3.47. The molecule has 4 saturated carbocycles. The maximum atomic E-state index is 12.7. The van der Waals surface area contributed by atoms with E-state index in [-0.39, 0.29) is 5.92 Å². The van der Waals surface area contributed by atoms with Crippen molar-refractivity contribution < 1.29 is 4.79 Å². The van der Waals surface area contributed by atoms with Crippen molar-refractivity contribution in [2.24, 2.45) is 23.7 Å². The van der Waals surface area contributed by atoms with Gasteiger partial charge < -0.3 is 5.32 Å². The molecule has 4 fully saturated rings. The molecule has 1 unspecified atom stereocenters. The second kappa shape index (κ2) is 4.34. The van der Waals surface area contributed by atoms with E-state index >= 15 is 0 Å². The highest BCUT2D eigenvalue weighted by atomic mass is 16.2. The Kier molecular flexibility index (Phi) is 2.54. The van der Waals surface area contributed by atoms with Crippen LogP contribution in [0.1, 0.15) is 49.1 Å². The molecule has 2 heteroatoms. The Hall–Kier alpha value is -1.31. The summed E-state index contributed by atoms with van der Waals surface area (Å²) in [6.45, 7) is 0. The van der Waals surface area contributed by atoms with Crippen LogP contribution in [0.2, 0.25) is 0 Å². The van der Waals surface area contributed by atoms with Gasteiger partial charge in [0.1, 0.15) is 0 Å². The lowest BCUT2D eigenvalue weighted by molar-refractivity contribution is -0.127. The molecule has 0 saturated heterocycles. The van der Waals surface area contributed by atoms with Gasteiger partial charge in [-0.05, 0) is 73.3 Å². The van der Waals surface area contributed by atoms with E-state index in [0.717, 1.165) is 30.1 Å². The highest BCUT2D eigenvalue weighted by Gasteiger charge is 2.49. The standard InChI is InChI=1S/C19H23NO/c21-19(17-10-13-3-1-2-4-16(13)17)20-18-14-6-11-5-12(8-14)9-15(18)7-11/h1-4,11-12,14-15,17-18H,5-10H2,(H,20,21). The largest absolute Gasteiger partial charge is 0.352 e. The van der Waals surface area contributed by atoms with Crippen LogP contribution < -0.4 is 5.32 Å². The van der Waals surface area contributed by atoms with Crippen molar-refractivity contribution in [3.05, 3.63) is 35.4 Å². The fraction of sp³-hybridized carbons (Fsp3) is 0.632. The van der Waals surface area contributed by atoms with E-state index in [2.05, 4.69) is 29.6 Å². The maximum Gasteiger partial charge on any atom is 0.228 e. The van der Waals surface area contributed by atoms with Crippen LogP contribution in [-0.2, 0) is 11.2 Å². The molecule has 21 heavy (non-hydrogen) atoms. The minimum atomic E-state index is 0.124. The Morgan fingerprint density at radius 1 is 0.952 bits per heavy atom. The monoisotopic (exact) mass is 281 g/mol. The second-order valence-electron chi connectivity index (χ2n) is 7.92. The van der Waals surface area contributed by atoms with Crippen molar-refractivity contribution in [1.82, 2.24) is 5.32 Å². The molecule has 110 valence electrons. The number of nitrogens with one attached hydrogen (secondary N) is 1. The van der Waals surface area contributed by atoms with E-state index < -0.39 is 0 Å². The molecule has 0 radical (unpaired) electrons. The molecular formula is C19H23NO. The SMILES string of the molecule is O=C(NC1C2CC3CC(C2)CC1C3)C1Cc2ccccc21. The van der Waals surface area contributed by atoms with Crippen LogP contribution in [0.15, 0.2) is 24.3 Å². The van der Waals surface area contributed by atoms with E-state index in [1.54, 1.807) is 0 Å². The predicted molar refractivity (Wildman–Crippen MR) is 81.9 cm³/mol. The number of benzene rings is 1. The lowest BCUT2D eigenvalue weighted by Crippen LogP contribution is -2.57. The molecule has 1 N–H and O–H groups in total. The van der Waals surface area contributed by atoms with Gasteiger partial charge in [-0.3, -0.25) is 4.79 Å². The topological polar surface area (TPSA) is 29.1 Å². The van der Waals surface area contributed by atoms with Gasteiger partial charge in [0, 0.05) is 6.04 Å². The Morgan fingerprint density at radius 2 is 1.62 bits per heavy atom. The number of carbonyl (C=O) groups is 1. The number of carbonyl (C=O) groups excluding carboxylic acids is 1. The number of rotatable bonds is 2. The number of fused-ring (bicyclic) bond motifs is 1. The molecule has 5 aliphatic rings. The summed E-state index contributed by atoms with van der Waals surface area (Å²) in [6, 6.07) is 8.89. The Labute approximate surface area is 126 Å². The van der Waals surface area contributed by atoms with Gasteiger partial charge >= 0.3 is 0 Å². The summed E-state index contributed by atoms with van der Waals surface area (Å²) in [7, 11) is 0. The van der Waals surface area contributed by atoms with Gasteiger partial charge in [-0.2, -0.15) is 0 Å². The minimum absolute atomic E-state index is 0.124. The molecule has 6 rings (SSSR count). The van der Waals surface area contributed by atoms with E-state index in [9.17, 15) is 4.79 Å². The zero-order valence-corrected chi connectivity index (χ0v) is 12.4. The van der Waals surface area contributed by atoms with Crippen LogP contribution in [0.3, 0.4) is 0 Å². The third kappa shape index (κ3) is 1.81. The lowest BCUT2D eigenvalue weighted by Gasteiger charge is -2.54. The normalized spacial score (nSPS) is 42.3. The van der Waals surface area contributed by atoms with E-state index in [1.165, 1.54) is 43.2 Å². The van der Waals surface area contributed by atoms with Gasteiger partial charge in [-0.1, -0.05) is 24.3 Å². The molecule has 4 bridgehead atoms. The van der Waals surface area contributed by atoms with Crippen molar-refractivity contribution in [1.29, 1.82) is 0 Å². The Morgan fingerprint density at radius 3 is 2.29 bits per heavy atom. The Balaban J connectivity index is 1.31. The molecule has 1 aromatic carbocycles. The molecule has 0 aromatic heterocycles. The first-order chi connectivity index (χ1) is 10.3. The molecule has 2 nitrogen and oxygen atoms in total. The van der Waals surface area contributed by atoms with Crippen molar-refractivity contribution in [2.45, 2.75) is 50.5 Å². The molecule has 0 aliphatic heterocycles. The van der Waals surface area contributed by atoms with Gasteiger partial charge in [-0.15, -0.1) is 0 Å². The molecule has 1 amide bonds. The maximum absolute atomic E-state index is 12.7. The van der Waals surface area contributed by atoms with Gasteiger partial charge in [-0.25, -0.2) is 0 Å². The van der Waals surface area contributed by atoms with Gasteiger partial charge in [0.05, 0.1) is 5.92 Å². The van der Waals surface area contributed by atoms with Crippen molar-refractivity contribution in [2.75, 3.05) is 0 Å². The van der Waals surface area contributed by atoms with Gasteiger partial charge in [0.15, 0.2) is 0 Å².